The molecule has 1 unspecified atom stereocenters. The van der Waals surface area contributed by atoms with Crippen molar-refractivity contribution in [3.8, 4) is 0 Å². The van der Waals surface area contributed by atoms with E-state index < -0.39 is 17.8 Å². The fourth-order valence-electron chi connectivity index (χ4n) is 0.878. The number of hydrogen-bond donors (Lipinski definition) is 1. The lowest BCUT2D eigenvalue weighted by atomic mass is 10.4. The predicted molar refractivity (Wildman–Crippen MR) is 40.6 cm³/mol. The van der Waals surface area contributed by atoms with Crippen LogP contribution in [0.15, 0.2) is 12.2 Å². The van der Waals surface area contributed by atoms with E-state index in [4.69, 9.17) is 9.84 Å². The van der Waals surface area contributed by atoms with Crippen molar-refractivity contribution in [2.45, 2.75) is 12.3 Å². The Balaban J connectivity index is 2.00. The molecule has 1 rings (SSSR count). The highest BCUT2D eigenvalue weighted by molar-refractivity contribution is 5.79. The van der Waals surface area contributed by atoms with Crippen LogP contribution in [0.1, 0.15) is 6.42 Å². The largest absolute Gasteiger partial charge is 0.478 e. The first-order valence-corrected chi connectivity index (χ1v) is 3.87. The van der Waals surface area contributed by atoms with E-state index in [0.29, 0.717) is 0 Å². The van der Waals surface area contributed by atoms with Gasteiger partial charge in [-0.15, -0.1) is 0 Å². The molecule has 0 aliphatic heterocycles. The Bertz CT molecular complexity index is 225. The maximum atomic E-state index is 12.2. The molecule has 1 N–H and O–H groups in total. The monoisotopic (exact) mass is 192 g/mol. The summed E-state index contributed by atoms with van der Waals surface area (Å²) in [6.45, 7) is 0.0653. The summed E-state index contributed by atoms with van der Waals surface area (Å²) in [7, 11) is 0. The van der Waals surface area contributed by atoms with E-state index >= 15 is 0 Å². The molecule has 0 bridgehead atoms. The van der Waals surface area contributed by atoms with E-state index in [1.807, 2.05) is 0 Å². The van der Waals surface area contributed by atoms with Crippen molar-refractivity contribution in [2.24, 2.45) is 5.92 Å². The summed E-state index contributed by atoms with van der Waals surface area (Å²) in [6.07, 6.45) is 2.09. The molecule has 5 heteroatoms. The molecule has 0 radical (unpaired) electrons. The van der Waals surface area contributed by atoms with E-state index in [2.05, 4.69) is 0 Å². The second-order valence-electron chi connectivity index (χ2n) is 2.94. The molecule has 0 aromatic carbocycles. The predicted octanol–water partition coefficient (Wildman–Crippen LogP) is 1.30. The average Bonchev–Trinajstić information content (AvgIpc) is 2.58. The van der Waals surface area contributed by atoms with Crippen LogP contribution in [0.25, 0.3) is 0 Å². The van der Waals surface area contributed by atoms with Gasteiger partial charge < -0.3 is 9.84 Å². The zero-order valence-corrected chi connectivity index (χ0v) is 6.87. The number of aliphatic carboxylic acids is 1. The fourth-order valence-corrected chi connectivity index (χ4v) is 0.878. The molecule has 74 valence electrons. The van der Waals surface area contributed by atoms with Crippen molar-refractivity contribution in [1.29, 1.82) is 0 Å². The molecule has 0 aromatic heterocycles. The number of carboxylic acid groups (broad SMARTS) is 1. The smallest absolute Gasteiger partial charge is 0.328 e. The van der Waals surface area contributed by atoms with Gasteiger partial charge in [-0.3, -0.25) is 0 Å². The summed E-state index contributed by atoms with van der Waals surface area (Å²) in [6, 6.07) is 0. The zero-order chi connectivity index (χ0) is 9.90. The molecule has 0 heterocycles. The Hall–Kier alpha value is -0.970. The maximum absolute atomic E-state index is 12.2. The first kappa shape index (κ1) is 10.1. The Kier molecular flexibility index (Phi) is 2.98. The van der Waals surface area contributed by atoms with Crippen LogP contribution in [0, 0.1) is 5.92 Å². The van der Waals surface area contributed by atoms with Gasteiger partial charge in [0.05, 0.1) is 19.1 Å². The number of carboxylic acids is 1. The van der Waals surface area contributed by atoms with Crippen molar-refractivity contribution < 1.29 is 23.4 Å². The highest BCUT2D eigenvalue weighted by Crippen LogP contribution is 2.48. The third-order valence-corrected chi connectivity index (χ3v) is 1.75. The summed E-state index contributed by atoms with van der Waals surface area (Å²) in [5.41, 5.74) is 0. The molecular formula is C8H10F2O3. The molecule has 1 saturated carbocycles. The number of ether oxygens (including phenoxy) is 1. The lowest BCUT2D eigenvalue weighted by Crippen LogP contribution is -2.03. The average molecular weight is 192 g/mol. The molecule has 1 aliphatic carbocycles. The van der Waals surface area contributed by atoms with Gasteiger partial charge in [-0.25, -0.2) is 13.6 Å². The van der Waals surface area contributed by atoms with E-state index in [0.717, 1.165) is 6.08 Å². The second-order valence-corrected chi connectivity index (χ2v) is 2.94. The SMILES string of the molecule is O=C(O)C=CCOCC1CC1(F)F. The van der Waals surface area contributed by atoms with Gasteiger partial charge in [-0.05, 0) is 0 Å². The minimum Gasteiger partial charge on any atom is -0.478 e. The van der Waals surface area contributed by atoms with Gasteiger partial charge in [-0.1, -0.05) is 6.08 Å². The first-order chi connectivity index (χ1) is 6.02. The minimum absolute atomic E-state index is 0.00302. The molecule has 13 heavy (non-hydrogen) atoms. The summed E-state index contributed by atoms with van der Waals surface area (Å²) >= 11 is 0. The van der Waals surface area contributed by atoms with Gasteiger partial charge in [0.1, 0.15) is 0 Å². The number of halogens is 2. The van der Waals surface area contributed by atoms with Crippen molar-refractivity contribution in [1.82, 2.24) is 0 Å². The van der Waals surface area contributed by atoms with Gasteiger partial charge in [0.15, 0.2) is 0 Å². The highest BCUT2D eigenvalue weighted by atomic mass is 19.3. The normalized spacial score (nSPS) is 24.9. The summed E-state index contributed by atoms with van der Waals surface area (Å²) in [5.74, 6) is -4.30. The Morgan fingerprint density at radius 2 is 2.31 bits per heavy atom. The molecule has 0 aromatic rings. The number of rotatable bonds is 5. The van der Waals surface area contributed by atoms with Gasteiger partial charge >= 0.3 is 5.97 Å². The van der Waals surface area contributed by atoms with Crippen LogP contribution in [0.4, 0.5) is 8.78 Å². The van der Waals surface area contributed by atoms with Gasteiger partial charge in [0.25, 0.3) is 5.92 Å². The molecule has 1 atom stereocenters. The molecule has 0 amide bonds. The molecule has 3 nitrogen and oxygen atoms in total. The third kappa shape index (κ3) is 3.50. The summed E-state index contributed by atoms with van der Waals surface area (Å²) < 4.78 is 29.3. The van der Waals surface area contributed by atoms with Crippen LogP contribution >= 0.6 is 0 Å². The third-order valence-electron chi connectivity index (χ3n) is 1.75. The van der Waals surface area contributed by atoms with E-state index in [9.17, 15) is 13.6 Å². The van der Waals surface area contributed by atoms with Crippen LogP contribution in [0.3, 0.4) is 0 Å². The standard InChI is InChI=1S/C8H10F2O3/c9-8(10)4-6(8)5-13-3-1-2-7(11)12/h1-2,6H,3-5H2,(H,11,12). The Labute approximate surface area is 74.0 Å². The number of carbonyl (C=O) groups is 1. The van der Waals surface area contributed by atoms with Crippen LogP contribution in [-0.4, -0.2) is 30.2 Å². The van der Waals surface area contributed by atoms with Crippen LogP contribution in [0.2, 0.25) is 0 Å². The molecule has 0 spiro atoms. The van der Waals surface area contributed by atoms with Crippen molar-refractivity contribution >= 4 is 5.97 Å². The van der Waals surface area contributed by atoms with E-state index in [1.54, 1.807) is 0 Å². The van der Waals surface area contributed by atoms with Crippen LogP contribution in [0.5, 0.6) is 0 Å². The topological polar surface area (TPSA) is 46.5 Å². The minimum atomic E-state index is -2.56. The van der Waals surface area contributed by atoms with Gasteiger partial charge in [-0.2, -0.15) is 0 Å². The second kappa shape index (κ2) is 3.83. The molecule has 1 fully saturated rings. The molecule has 1 aliphatic rings. The molecule has 0 saturated heterocycles. The first-order valence-electron chi connectivity index (χ1n) is 3.87. The van der Waals surface area contributed by atoms with Gasteiger partial charge in [0.2, 0.25) is 0 Å². The van der Waals surface area contributed by atoms with Crippen LogP contribution in [-0.2, 0) is 9.53 Å². The summed E-state index contributed by atoms with van der Waals surface area (Å²) in [5, 5.41) is 8.16. The van der Waals surface area contributed by atoms with Crippen molar-refractivity contribution in [3.63, 3.8) is 0 Å². The van der Waals surface area contributed by atoms with Crippen molar-refractivity contribution in [2.75, 3.05) is 13.2 Å². The Morgan fingerprint density at radius 3 is 2.77 bits per heavy atom. The quantitative estimate of drug-likeness (QED) is 0.527. The lowest BCUT2D eigenvalue weighted by molar-refractivity contribution is -0.131. The Morgan fingerprint density at radius 1 is 1.69 bits per heavy atom. The van der Waals surface area contributed by atoms with Crippen molar-refractivity contribution in [3.05, 3.63) is 12.2 Å². The van der Waals surface area contributed by atoms with E-state index in [-0.39, 0.29) is 19.6 Å². The zero-order valence-electron chi connectivity index (χ0n) is 6.87. The van der Waals surface area contributed by atoms with Crippen LogP contribution < -0.4 is 0 Å². The number of hydrogen-bond acceptors (Lipinski definition) is 2. The van der Waals surface area contributed by atoms with E-state index in [1.165, 1.54) is 6.08 Å². The van der Waals surface area contributed by atoms with Gasteiger partial charge in [0, 0.05) is 12.5 Å². The summed E-state index contributed by atoms with van der Waals surface area (Å²) in [4.78, 5) is 9.95. The lowest BCUT2D eigenvalue weighted by Gasteiger charge is -1.98. The maximum Gasteiger partial charge on any atom is 0.328 e. The fraction of sp³-hybridized carbons (Fsp3) is 0.625. The molecular weight excluding hydrogens is 182 g/mol. The number of alkyl halides is 2. The highest BCUT2D eigenvalue weighted by Gasteiger charge is 2.56.